The van der Waals surface area contributed by atoms with Crippen LogP contribution in [-0.4, -0.2) is 18.6 Å². The van der Waals surface area contributed by atoms with Gasteiger partial charge in [-0.25, -0.2) is 0 Å². The van der Waals surface area contributed by atoms with E-state index in [4.69, 9.17) is 0 Å². The Bertz CT molecular complexity index is 337. The highest BCUT2D eigenvalue weighted by atomic mass is 16.2. The van der Waals surface area contributed by atoms with E-state index < -0.39 is 0 Å². The monoisotopic (exact) mass is 204 g/mol. The lowest BCUT2D eigenvalue weighted by atomic mass is 9.97. The largest absolute Gasteiger partial charge is 0.340 e. The molecule has 1 aromatic rings. The molecular weight excluding hydrogens is 188 g/mol. The van der Waals surface area contributed by atoms with Crippen LogP contribution in [0.25, 0.3) is 0 Å². The quantitative estimate of drug-likeness (QED) is 0.777. The molecule has 1 fully saturated rings. The van der Waals surface area contributed by atoms with Crippen LogP contribution in [-0.2, 0) is 4.79 Å². The van der Waals surface area contributed by atoms with Crippen LogP contribution in [0.1, 0.15) is 24.8 Å². The Morgan fingerprint density at radius 3 is 2.73 bits per heavy atom. The number of hydrogen-bond donors (Lipinski definition) is 2. The van der Waals surface area contributed by atoms with E-state index in [-0.39, 0.29) is 12.1 Å². The maximum Gasteiger partial charge on any atom is 0.235 e. The first kappa shape index (κ1) is 10.2. The third kappa shape index (κ3) is 2.57. The zero-order valence-corrected chi connectivity index (χ0v) is 8.86. The molecule has 0 radical (unpaired) electrons. The molecule has 1 aliphatic rings. The first-order chi connectivity index (χ1) is 7.25. The summed E-state index contributed by atoms with van der Waals surface area (Å²) in [6.07, 6.45) is 1.07. The maximum absolute atomic E-state index is 11.0. The van der Waals surface area contributed by atoms with Gasteiger partial charge in [-0.2, -0.15) is 0 Å². The van der Waals surface area contributed by atoms with Gasteiger partial charge in [-0.15, -0.1) is 0 Å². The van der Waals surface area contributed by atoms with Gasteiger partial charge in [0.1, 0.15) is 0 Å². The van der Waals surface area contributed by atoms with E-state index in [1.165, 1.54) is 5.56 Å². The molecule has 1 heterocycles. The summed E-state index contributed by atoms with van der Waals surface area (Å²) in [7, 11) is 0. The minimum Gasteiger partial charge on any atom is -0.340 e. The van der Waals surface area contributed by atoms with Crippen molar-refractivity contribution < 1.29 is 4.79 Å². The topological polar surface area (TPSA) is 41.1 Å². The summed E-state index contributed by atoms with van der Waals surface area (Å²) < 4.78 is 0. The number of carbonyl (C=O) groups excluding carboxylic acids is 1. The molecule has 3 nitrogen and oxygen atoms in total. The van der Waals surface area contributed by atoms with Crippen molar-refractivity contribution >= 4 is 5.91 Å². The number of benzene rings is 1. The highest BCUT2D eigenvalue weighted by Crippen LogP contribution is 2.19. The van der Waals surface area contributed by atoms with Gasteiger partial charge in [0.05, 0.1) is 12.7 Å². The average molecular weight is 204 g/mol. The predicted octanol–water partition coefficient (Wildman–Crippen LogP) is 1.23. The Morgan fingerprint density at radius 2 is 2.13 bits per heavy atom. The van der Waals surface area contributed by atoms with E-state index in [2.05, 4.69) is 29.7 Å². The molecule has 1 saturated heterocycles. The van der Waals surface area contributed by atoms with Crippen molar-refractivity contribution in [2.45, 2.75) is 25.4 Å². The highest BCUT2D eigenvalue weighted by molar-refractivity contribution is 5.80. The van der Waals surface area contributed by atoms with Gasteiger partial charge >= 0.3 is 0 Å². The third-order valence-corrected chi connectivity index (χ3v) is 2.80. The fourth-order valence-electron chi connectivity index (χ4n) is 1.93. The average Bonchev–Trinajstić information content (AvgIpc) is 2.65. The molecule has 2 rings (SSSR count). The van der Waals surface area contributed by atoms with Crippen LogP contribution in [0.2, 0.25) is 0 Å². The second kappa shape index (κ2) is 4.45. The van der Waals surface area contributed by atoms with Gasteiger partial charge < -0.3 is 5.32 Å². The molecule has 15 heavy (non-hydrogen) atoms. The van der Waals surface area contributed by atoms with Crippen molar-refractivity contribution in [1.82, 2.24) is 10.6 Å². The molecule has 3 heteroatoms. The van der Waals surface area contributed by atoms with Crippen LogP contribution in [0.3, 0.4) is 0 Å². The number of hydrogen-bond acceptors (Lipinski definition) is 2. The van der Waals surface area contributed by atoms with E-state index in [1.807, 2.05) is 18.2 Å². The van der Waals surface area contributed by atoms with Crippen molar-refractivity contribution in [3.05, 3.63) is 35.9 Å². The Labute approximate surface area is 89.9 Å². The van der Waals surface area contributed by atoms with Crippen LogP contribution in [0.5, 0.6) is 0 Å². The molecule has 0 aliphatic carbocycles. The lowest BCUT2D eigenvalue weighted by Crippen LogP contribution is -2.33. The predicted molar refractivity (Wildman–Crippen MR) is 59.4 cm³/mol. The number of rotatable bonds is 3. The third-order valence-electron chi connectivity index (χ3n) is 2.80. The molecule has 0 spiro atoms. The van der Waals surface area contributed by atoms with Gasteiger partial charge in [0.2, 0.25) is 5.91 Å². The lowest BCUT2D eigenvalue weighted by Gasteiger charge is -2.16. The zero-order valence-electron chi connectivity index (χ0n) is 8.86. The summed E-state index contributed by atoms with van der Waals surface area (Å²) in [5.41, 5.74) is 1.32. The number of carbonyl (C=O) groups is 1. The summed E-state index contributed by atoms with van der Waals surface area (Å²) in [6, 6.07) is 10.4. The molecule has 1 aromatic carbocycles. The van der Waals surface area contributed by atoms with Crippen molar-refractivity contribution in [3.63, 3.8) is 0 Å². The second-order valence-electron chi connectivity index (χ2n) is 4.05. The molecule has 0 bridgehead atoms. The lowest BCUT2D eigenvalue weighted by molar-refractivity contribution is -0.118. The van der Waals surface area contributed by atoms with Crippen molar-refractivity contribution in [1.29, 1.82) is 0 Å². The summed E-state index contributed by atoms with van der Waals surface area (Å²) >= 11 is 0. The summed E-state index contributed by atoms with van der Waals surface area (Å²) in [5.74, 6) is 0.558. The van der Waals surface area contributed by atoms with Crippen LogP contribution in [0, 0.1) is 0 Å². The van der Waals surface area contributed by atoms with Gasteiger partial charge in [0.15, 0.2) is 0 Å². The summed E-state index contributed by atoms with van der Waals surface area (Å²) in [4.78, 5) is 11.0. The fraction of sp³-hybridized carbons (Fsp3) is 0.417. The normalized spacial score (nSPS) is 22.5. The maximum atomic E-state index is 11.0. The zero-order chi connectivity index (χ0) is 10.7. The standard InChI is InChI=1S/C12H16N2O/c1-9(10-5-3-2-4-6-10)7-11-13-8-12(15)14-11/h2-6,9,11,13H,7-8H2,1H3,(H,14,15)/t9-,11-/m0/s1. The molecule has 0 unspecified atom stereocenters. The van der Waals surface area contributed by atoms with Crippen LogP contribution < -0.4 is 10.6 Å². The van der Waals surface area contributed by atoms with E-state index in [9.17, 15) is 4.79 Å². The molecular formula is C12H16N2O. The van der Waals surface area contributed by atoms with Crippen molar-refractivity contribution in [2.24, 2.45) is 0 Å². The molecule has 0 aromatic heterocycles. The Kier molecular flexibility index (Phi) is 3.02. The first-order valence-corrected chi connectivity index (χ1v) is 5.33. The minimum absolute atomic E-state index is 0.0975. The summed E-state index contributed by atoms with van der Waals surface area (Å²) in [5, 5.41) is 6.05. The molecule has 80 valence electrons. The van der Waals surface area contributed by atoms with E-state index in [1.54, 1.807) is 0 Å². The SMILES string of the molecule is C[C@@H](C[C@H]1NCC(=O)N1)c1ccccc1. The van der Waals surface area contributed by atoms with Gasteiger partial charge in [-0.1, -0.05) is 37.3 Å². The van der Waals surface area contributed by atoms with Crippen LogP contribution in [0.15, 0.2) is 30.3 Å². The molecule has 2 atom stereocenters. The fourth-order valence-corrected chi connectivity index (χ4v) is 1.93. The van der Waals surface area contributed by atoms with E-state index in [0.29, 0.717) is 12.5 Å². The van der Waals surface area contributed by atoms with Gasteiger partial charge in [-0.05, 0) is 17.9 Å². The van der Waals surface area contributed by atoms with Crippen LogP contribution in [0.4, 0.5) is 0 Å². The van der Waals surface area contributed by atoms with Crippen LogP contribution >= 0.6 is 0 Å². The minimum atomic E-state index is 0.0975. The van der Waals surface area contributed by atoms with Crippen molar-refractivity contribution in [3.8, 4) is 0 Å². The Hall–Kier alpha value is -1.35. The van der Waals surface area contributed by atoms with Gasteiger partial charge in [0, 0.05) is 0 Å². The van der Waals surface area contributed by atoms with E-state index in [0.717, 1.165) is 6.42 Å². The molecule has 1 aliphatic heterocycles. The number of nitrogens with one attached hydrogen (secondary N) is 2. The Morgan fingerprint density at radius 1 is 1.40 bits per heavy atom. The second-order valence-corrected chi connectivity index (χ2v) is 4.05. The number of amides is 1. The molecule has 0 saturated carbocycles. The molecule has 1 amide bonds. The van der Waals surface area contributed by atoms with Gasteiger partial charge in [0.25, 0.3) is 0 Å². The highest BCUT2D eigenvalue weighted by Gasteiger charge is 2.21. The summed E-state index contributed by atoms with van der Waals surface area (Å²) in [6.45, 7) is 2.63. The smallest absolute Gasteiger partial charge is 0.235 e. The molecule has 2 N–H and O–H groups in total. The van der Waals surface area contributed by atoms with E-state index >= 15 is 0 Å². The Balaban J connectivity index is 1.92. The van der Waals surface area contributed by atoms with Gasteiger partial charge in [-0.3, -0.25) is 10.1 Å². The first-order valence-electron chi connectivity index (χ1n) is 5.33. The van der Waals surface area contributed by atoms with Crippen molar-refractivity contribution in [2.75, 3.05) is 6.54 Å².